The molecule has 0 aliphatic carbocycles. The Morgan fingerprint density at radius 3 is 2.85 bits per heavy atom. The topological polar surface area (TPSA) is 68.7 Å². The molecule has 34 heavy (non-hydrogen) atoms. The highest BCUT2D eigenvalue weighted by molar-refractivity contribution is 6.02. The van der Waals surface area contributed by atoms with Crippen molar-refractivity contribution in [2.45, 2.75) is 45.8 Å². The van der Waals surface area contributed by atoms with Crippen LogP contribution in [0.15, 0.2) is 72.4 Å². The molecule has 0 saturated carbocycles. The van der Waals surface area contributed by atoms with Crippen LogP contribution in [0.4, 0.5) is 0 Å². The van der Waals surface area contributed by atoms with Gasteiger partial charge in [-0.1, -0.05) is 56.9 Å². The molecule has 0 bridgehead atoms. The van der Waals surface area contributed by atoms with Gasteiger partial charge in [0.05, 0.1) is 35.6 Å². The van der Waals surface area contributed by atoms with E-state index in [0.29, 0.717) is 24.2 Å². The molecule has 0 radical (unpaired) electrons. The Balaban J connectivity index is 1.60. The minimum atomic E-state index is -1.31. The van der Waals surface area contributed by atoms with E-state index in [1.165, 1.54) is 0 Å². The van der Waals surface area contributed by atoms with Crippen LogP contribution in [0.1, 0.15) is 44.9 Å². The molecular formula is C28H30N2O4. The number of carbonyl (C=O) groups excluding carboxylic acids is 2. The van der Waals surface area contributed by atoms with Crippen molar-refractivity contribution >= 4 is 28.5 Å². The first-order chi connectivity index (χ1) is 16.4. The molecule has 2 aliphatic rings. The summed E-state index contributed by atoms with van der Waals surface area (Å²) in [5, 5.41) is 1.02. The Hall–Kier alpha value is -3.51. The van der Waals surface area contributed by atoms with Gasteiger partial charge in [-0.3, -0.25) is 4.79 Å². The third-order valence-electron chi connectivity index (χ3n) is 6.23. The number of hydrogen-bond donors (Lipinski definition) is 0. The fourth-order valence-electron chi connectivity index (χ4n) is 4.37. The minimum absolute atomic E-state index is 0.0924. The third kappa shape index (κ3) is 4.33. The molecule has 1 amide bonds. The summed E-state index contributed by atoms with van der Waals surface area (Å²) in [5.74, 6) is -0.724. The van der Waals surface area contributed by atoms with Crippen molar-refractivity contribution in [3.05, 3.63) is 83.6 Å². The lowest BCUT2D eigenvalue weighted by atomic mass is 9.94. The predicted molar refractivity (Wildman–Crippen MR) is 133 cm³/mol. The molecule has 1 atom stereocenters. The second-order valence-corrected chi connectivity index (χ2v) is 8.49. The number of aromatic nitrogens is 1. The maximum atomic E-state index is 13.5. The van der Waals surface area contributed by atoms with Gasteiger partial charge in [-0.25, -0.2) is 9.78 Å². The number of carbonyl (C=O) groups is 2. The van der Waals surface area contributed by atoms with E-state index >= 15 is 0 Å². The fraction of sp³-hybridized carbons (Fsp3) is 0.321. The van der Waals surface area contributed by atoms with Gasteiger partial charge >= 0.3 is 5.97 Å². The Morgan fingerprint density at radius 2 is 2.12 bits per heavy atom. The van der Waals surface area contributed by atoms with Crippen LogP contribution in [0, 0.1) is 0 Å². The third-order valence-corrected chi connectivity index (χ3v) is 6.23. The van der Waals surface area contributed by atoms with Crippen LogP contribution < -0.4 is 0 Å². The molecule has 0 N–H and O–H groups in total. The molecule has 6 heteroatoms. The van der Waals surface area contributed by atoms with Gasteiger partial charge in [0.25, 0.3) is 5.91 Å². The van der Waals surface area contributed by atoms with Crippen LogP contribution in [0.5, 0.6) is 0 Å². The average Bonchev–Trinajstić information content (AvgIpc) is 3.17. The van der Waals surface area contributed by atoms with Gasteiger partial charge in [0.15, 0.2) is 5.60 Å². The number of nitrogens with zero attached hydrogens (tertiary/aromatic N) is 2. The largest absolute Gasteiger partial charge is 0.458 e. The molecule has 4 rings (SSSR count). The van der Waals surface area contributed by atoms with E-state index in [0.717, 1.165) is 34.2 Å². The van der Waals surface area contributed by atoms with Crippen molar-refractivity contribution in [2.75, 3.05) is 13.2 Å². The van der Waals surface area contributed by atoms with Gasteiger partial charge in [0, 0.05) is 10.9 Å². The maximum absolute atomic E-state index is 13.5. The molecule has 1 aromatic heterocycles. The van der Waals surface area contributed by atoms with Crippen molar-refractivity contribution in [3.8, 4) is 0 Å². The van der Waals surface area contributed by atoms with Crippen LogP contribution >= 0.6 is 0 Å². The average molecular weight is 459 g/mol. The van der Waals surface area contributed by atoms with Crippen molar-refractivity contribution in [1.29, 1.82) is 0 Å². The molecule has 2 aliphatic heterocycles. The zero-order valence-corrected chi connectivity index (χ0v) is 20.0. The number of pyridine rings is 1. The number of rotatable bonds is 7. The Kier molecular flexibility index (Phi) is 6.80. The van der Waals surface area contributed by atoms with Gasteiger partial charge in [-0.2, -0.15) is 0 Å². The number of cyclic esters (lactones) is 1. The minimum Gasteiger partial charge on any atom is -0.458 e. The first-order valence-corrected chi connectivity index (χ1v) is 11.7. The molecule has 1 unspecified atom stereocenters. The monoisotopic (exact) mass is 458 g/mol. The number of allylic oxidation sites excluding steroid dienone is 2. The molecule has 176 valence electrons. The van der Waals surface area contributed by atoms with E-state index in [1.54, 1.807) is 11.0 Å². The summed E-state index contributed by atoms with van der Waals surface area (Å²) in [7, 11) is 0. The first kappa shape index (κ1) is 23.6. The van der Waals surface area contributed by atoms with E-state index in [-0.39, 0.29) is 19.1 Å². The zero-order chi connectivity index (χ0) is 24.3. The molecule has 3 heterocycles. The van der Waals surface area contributed by atoms with Crippen LogP contribution in [0.25, 0.3) is 16.6 Å². The number of ether oxygens (including phenoxy) is 2. The smallest absolute Gasteiger partial charge is 0.342 e. The van der Waals surface area contributed by atoms with E-state index in [9.17, 15) is 9.59 Å². The van der Waals surface area contributed by atoms with Gasteiger partial charge in [-0.05, 0) is 43.5 Å². The van der Waals surface area contributed by atoms with E-state index in [2.05, 4.69) is 12.7 Å². The lowest BCUT2D eigenvalue weighted by Gasteiger charge is -2.33. The highest BCUT2D eigenvalue weighted by Crippen LogP contribution is 2.35. The standard InChI is InChI=1S/C28H30N2O4/c1-5-10-20(11-6-2)17-34-28(7-3)15-23(18-33-27(28)32)26(31)30-16-22-14-21-12-8-9-13-24(21)29-25(22)19(30)4/h5,8-15H,4,6-7,16-18H2,1-3H3/b10-5-,20-11+. The van der Waals surface area contributed by atoms with Crippen molar-refractivity contribution in [2.24, 2.45) is 0 Å². The molecule has 2 aromatic rings. The molecular weight excluding hydrogens is 428 g/mol. The van der Waals surface area contributed by atoms with E-state index in [1.807, 2.05) is 63.3 Å². The molecule has 1 aromatic carbocycles. The van der Waals surface area contributed by atoms with Gasteiger partial charge in [-0.15, -0.1) is 0 Å². The quantitative estimate of drug-likeness (QED) is 0.426. The second kappa shape index (κ2) is 9.77. The fourth-order valence-corrected chi connectivity index (χ4v) is 4.37. The number of amides is 1. The molecule has 0 spiro atoms. The normalized spacial score (nSPS) is 20.6. The lowest BCUT2D eigenvalue weighted by molar-refractivity contribution is -0.167. The first-order valence-electron chi connectivity index (χ1n) is 11.7. The van der Waals surface area contributed by atoms with Gasteiger partial charge in [0.1, 0.15) is 6.61 Å². The summed E-state index contributed by atoms with van der Waals surface area (Å²) in [6.07, 6.45) is 8.79. The van der Waals surface area contributed by atoms with Gasteiger partial charge < -0.3 is 14.4 Å². The number of benzene rings is 1. The number of fused-ring (bicyclic) bond motifs is 2. The summed E-state index contributed by atoms with van der Waals surface area (Å²) >= 11 is 0. The molecule has 0 saturated heterocycles. The Bertz CT molecular complexity index is 1240. The van der Waals surface area contributed by atoms with Crippen molar-refractivity contribution < 1.29 is 19.1 Å². The van der Waals surface area contributed by atoms with E-state index in [4.69, 9.17) is 14.5 Å². The maximum Gasteiger partial charge on any atom is 0.342 e. The van der Waals surface area contributed by atoms with E-state index < -0.39 is 11.6 Å². The van der Waals surface area contributed by atoms with Crippen LogP contribution in [0.3, 0.4) is 0 Å². The summed E-state index contributed by atoms with van der Waals surface area (Å²) in [6.45, 7) is 10.5. The van der Waals surface area contributed by atoms with Crippen molar-refractivity contribution in [1.82, 2.24) is 9.88 Å². The number of esters is 1. The second-order valence-electron chi connectivity index (χ2n) is 8.49. The highest BCUT2D eigenvalue weighted by Gasteiger charge is 2.43. The Morgan fingerprint density at radius 1 is 1.32 bits per heavy atom. The van der Waals surface area contributed by atoms with Crippen LogP contribution in [0.2, 0.25) is 0 Å². The molecule has 0 fully saturated rings. The van der Waals surface area contributed by atoms with Crippen LogP contribution in [-0.4, -0.2) is 40.6 Å². The van der Waals surface area contributed by atoms with Crippen molar-refractivity contribution in [3.63, 3.8) is 0 Å². The lowest BCUT2D eigenvalue weighted by Crippen LogP contribution is -2.46. The summed E-state index contributed by atoms with van der Waals surface area (Å²) in [5.41, 5.74) is 3.12. The zero-order valence-electron chi connectivity index (χ0n) is 20.0. The molecule has 6 nitrogen and oxygen atoms in total. The van der Waals surface area contributed by atoms with Crippen LogP contribution in [-0.2, 0) is 25.6 Å². The highest BCUT2D eigenvalue weighted by atomic mass is 16.6. The predicted octanol–water partition coefficient (Wildman–Crippen LogP) is 5.11. The Labute approximate surface area is 200 Å². The summed E-state index contributed by atoms with van der Waals surface area (Å²) in [6, 6.07) is 9.89. The van der Waals surface area contributed by atoms with Gasteiger partial charge in [0.2, 0.25) is 0 Å². The SMILES string of the molecule is C=C1c2nc3ccccc3cc2CN1C(=O)C1=CC(CC)(OCC(/C=C\C)=C/CC)C(=O)OC1. The number of para-hydroxylation sites is 1. The summed E-state index contributed by atoms with van der Waals surface area (Å²) in [4.78, 5) is 32.6. The number of hydrogen-bond acceptors (Lipinski definition) is 5. The summed E-state index contributed by atoms with van der Waals surface area (Å²) < 4.78 is 11.6.